The zero-order valence-corrected chi connectivity index (χ0v) is 21.9. The first-order chi connectivity index (χ1) is 18.5. The van der Waals surface area contributed by atoms with E-state index in [1.807, 2.05) is 49.9 Å². The van der Waals surface area contributed by atoms with Crippen LogP contribution in [0.5, 0.6) is 0 Å². The molecule has 0 unspecified atom stereocenters. The third-order valence-corrected chi connectivity index (χ3v) is 8.07. The quantitative estimate of drug-likeness (QED) is 0.364. The molecule has 4 aromatic rings. The highest BCUT2D eigenvalue weighted by molar-refractivity contribution is 6.01. The molecule has 2 N–H and O–H groups in total. The molecule has 2 fully saturated rings. The van der Waals surface area contributed by atoms with E-state index in [1.54, 1.807) is 4.90 Å². The van der Waals surface area contributed by atoms with Gasteiger partial charge in [-0.15, -0.1) is 0 Å². The van der Waals surface area contributed by atoms with Crippen LogP contribution in [0, 0.1) is 23.0 Å². The summed E-state index contributed by atoms with van der Waals surface area (Å²) in [6, 6.07) is 10.8. The number of ketones is 1. The molecule has 0 radical (unpaired) electrons. The Labute approximate surface area is 223 Å². The topological polar surface area (TPSA) is 102 Å². The van der Waals surface area contributed by atoms with Gasteiger partial charge in [0.15, 0.2) is 23.2 Å². The van der Waals surface area contributed by atoms with Crippen molar-refractivity contribution in [3.05, 3.63) is 65.6 Å². The van der Waals surface area contributed by atoms with Gasteiger partial charge in [-0.1, -0.05) is 32.9 Å². The molecule has 2 aromatic heterocycles. The standard InChI is InChI=1S/C29H29F2N5O3/c1-29(2,3)18(11-25(37)24-9-15-8-19(30)20(31)12-23(15)32-24)27(38)35-13-17-10-16(35)14-36(17)28(39)26-33-21-6-4-5-7-22(21)34-26/h4-9,12,16-18,32H,10-11,13-14H2,1-3H3,(H,33,34)/t16-,17-,18+/m0/s1. The summed E-state index contributed by atoms with van der Waals surface area (Å²) in [5.41, 5.74) is 1.54. The van der Waals surface area contributed by atoms with Crippen LogP contribution in [-0.4, -0.2) is 67.5 Å². The van der Waals surface area contributed by atoms with E-state index in [-0.39, 0.29) is 47.6 Å². The number of fused-ring (bicyclic) bond motifs is 4. The second-order valence-corrected chi connectivity index (χ2v) is 11.7. The maximum absolute atomic E-state index is 13.8. The van der Waals surface area contributed by atoms with E-state index in [2.05, 4.69) is 15.0 Å². The first-order valence-electron chi connectivity index (χ1n) is 13.1. The molecule has 8 nitrogen and oxygen atoms in total. The molecule has 3 atom stereocenters. The van der Waals surface area contributed by atoms with Gasteiger partial charge in [-0.2, -0.15) is 0 Å². The molecule has 202 valence electrons. The van der Waals surface area contributed by atoms with Gasteiger partial charge in [0.1, 0.15) is 0 Å². The summed E-state index contributed by atoms with van der Waals surface area (Å²) in [6.45, 7) is 6.58. The summed E-state index contributed by atoms with van der Waals surface area (Å²) >= 11 is 0. The maximum Gasteiger partial charge on any atom is 0.290 e. The average molecular weight is 534 g/mol. The molecule has 6 rings (SSSR count). The van der Waals surface area contributed by atoms with E-state index < -0.39 is 23.0 Å². The Kier molecular flexibility index (Phi) is 5.82. The SMILES string of the molecule is CC(C)(C)[C@H](CC(=O)c1cc2cc(F)c(F)cc2[nH]1)C(=O)N1C[C@@H]2C[C@H]1CN2C(=O)c1nc2ccccc2[nH]1. The van der Waals surface area contributed by atoms with Gasteiger partial charge in [-0.05, 0) is 36.1 Å². The number of likely N-dealkylation sites (tertiary alicyclic amines) is 2. The lowest BCUT2D eigenvalue weighted by Gasteiger charge is -2.38. The first kappa shape index (κ1) is 25.2. The van der Waals surface area contributed by atoms with E-state index >= 15 is 0 Å². The third-order valence-electron chi connectivity index (χ3n) is 8.07. The molecule has 39 heavy (non-hydrogen) atoms. The number of hydrogen-bond donors (Lipinski definition) is 2. The summed E-state index contributed by atoms with van der Waals surface area (Å²) in [6.07, 6.45) is 0.636. The molecule has 2 bridgehead atoms. The van der Waals surface area contributed by atoms with Gasteiger partial charge in [0.25, 0.3) is 5.91 Å². The number of rotatable bonds is 5. The molecular weight excluding hydrogens is 504 g/mol. The molecule has 4 heterocycles. The Morgan fingerprint density at radius 3 is 2.36 bits per heavy atom. The highest BCUT2D eigenvalue weighted by atomic mass is 19.2. The van der Waals surface area contributed by atoms with Crippen molar-refractivity contribution in [3.63, 3.8) is 0 Å². The van der Waals surface area contributed by atoms with Crippen LogP contribution in [0.15, 0.2) is 42.5 Å². The number of aromatic nitrogens is 3. The van der Waals surface area contributed by atoms with Gasteiger partial charge < -0.3 is 19.8 Å². The summed E-state index contributed by atoms with van der Waals surface area (Å²) in [5, 5.41) is 0.391. The number of nitrogens with one attached hydrogen (secondary N) is 2. The zero-order valence-electron chi connectivity index (χ0n) is 21.9. The van der Waals surface area contributed by atoms with E-state index in [0.29, 0.717) is 30.4 Å². The highest BCUT2D eigenvalue weighted by Gasteiger charge is 2.50. The van der Waals surface area contributed by atoms with Crippen molar-refractivity contribution in [1.82, 2.24) is 24.8 Å². The van der Waals surface area contributed by atoms with Crippen LogP contribution in [0.2, 0.25) is 0 Å². The fraction of sp³-hybridized carbons (Fsp3) is 0.379. The summed E-state index contributed by atoms with van der Waals surface area (Å²) in [4.78, 5) is 54.3. The molecule has 2 aliphatic rings. The lowest BCUT2D eigenvalue weighted by atomic mass is 9.76. The average Bonchev–Trinajstić information content (AvgIpc) is 3.67. The summed E-state index contributed by atoms with van der Waals surface area (Å²) < 4.78 is 27.3. The molecule has 2 saturated heterocycles. The normalized spacial score (nSPS) is 19.8. The number of amides is 2. The lowest BCUT2D eigenvalue weighted by Crippen LogP contribution is -2.53. The summed E-state index contributed by atoms with van der Waals surface area (Å²) in [5.74, 6) is -2.90. The number of carbonyl (C=O) groups excluding carboxylic acids is 3. The smallest absolute Gasteiger partial charge is 0.290 e. The number of carbonyl (C=O) groups is 3. The number of nitrogens with zero attached hydrogens (tertiary/aromatic N) is 3. The molecule has 0 spiro atoms. The molecule has 2 aliphatic heterocycles. The van der Waals surface area contributed by atoms with Gasteiger partial charge in [-0.3, -0.25) is 14.4 Å². The largest absolute Gasteiger partial charge is 0.352 e. The highest BCUT2D eigenvalue weighted by Crippen LogP contribution is 2.38. The minimum atomic E-state index is -0.997. The van der Waals surface area contributed by atoms with E-state index in [9.17, 15) is 23.2 Å². The number of imidazole rings is 1. The van der Waals surface area contributed by atoms with Crippen molar-refractivity contribution in [1.29, 1.82) is 0 Å². The van der Waals surface area contributed by atoms with Crippen molar-refractivity contribution in [2.24, 2.45) is 11.3 Å². The molecule has 2 aromatic carbocycles. The Morgan fingerprint density at radius 1 is 0.974 bits per heavy atom. The fourth-order valence-corrected chi connectivity index (χ4v) is 5.91. The Hall–Kier alpha value is -4.08. The van der Waals surface area contributed by atoms with Crippen LogP contribution in [0.3, 0.4) is 0 Å². The number of aromatic amines is 2. The number of hydrogen-bond acceptors (Lipinski definition) is 4. The third kappa shape index (κ3) is 4.37. The van der Waals surface area contributed by atoms with Crippen LogP contribution in [0.1, 0.15) is 54.7 Å². The van der Waals surface area contributed by atoms with Gasteiger partial charge in [0.2, 0.25) is 5.91 Å². The van der Waals surface area contributed by atoms with Crippen LogP contribution in [0.25, 0.3) is 21.9 Å². The second-order valence-electron chi connectivity index (χ2n) is 11.7. The van der Waals surface area contributed by atoms with Crippen molar-refractivity contribution in [2.75, 3.05) is 13.1 Å². The van der Waals surface area contributed by atoms with Crippen molar-refractivity contribution >= 4 is 39.5 Å². The molecule has 0 aliphatic carbocycles. The first-order valence-corrected chi connectivity index (χ1v) is 13.1. The maximum atomic E-state index is 13.8. The lowest BCUT2D eigenvalue weighted by molar-refractivity contribution is -0.141. The van der Waals surface area contributed by atoms with Crippen LogP contribution in [-0.2, 0) is 4.79 Å². The molecule has 0 saturated carbocycles. The van der Waals surface area contributed by atoms with E-state index in [4.69, 9.17) is 0 Å². The van der Waals surface area contributed by atoms with Crippen LogP contribution < -0.4 is 0 Å². The van der Waals surface area contributed by atoms with Gasteiger partial charge in [0.05, 0.1) is 34.7 Å². The predicted octanol–water partition coefficient (Wildman–Crippen LogP) is 4.68. The van der Waals surface area contributed by atoms with Gasteiger partial charge >= 0.3 is 0 Å². The van der Waals surface area contributed by atoms with E-state index in [1.165, 1.54) is 6.07 Å². The number of piperazine rings is 1. The van der Waals surface area contributed by atoms with Crippen molar-refractivity contribution in [2.45, 2.75) is 45.7 Å². The van der Waals surface area contributed by atoms with Crippen molar-refractivity contribution < 1.29 is 23.2 Å². The van der Waals surface area contributed by atoms with Crippen molar-refractivity contribution in [3.8, 4) is 0 Å². The Balaban J connectivity index is 1.17. The number of Topliss-reactive ketones (excluding diaryl/α,β-unsaturated/α-hetero) is 1. The Morgan fingerprint density at radius 2 is 1.67 bits per heavy atom. The van der Waals surface area contributed by atoms with E-state index in [0.717, 1.165) is 23.2 Å². The number of benzene rings is 2. The fourth-order valence-electron chi connectivity index (χ4n) is 5.91. The monoisotopic (exact) mass is 533 g/mol. The molecule has 10 heteroatoms. The van der Waals surface area contributed by atoms with Crippen LogP contribution in [0.4, 0.5) is 8.78 Å². The predicted molar refractivity (Wildman–Crippen MR) is 141 cm³/mol. The Bertz CT molecular complexity index is 1560. The number of halogens is 2. The minimum Gasteiger partial charge on any atom is -0.352 e. The van der Waals surface area contributed by atoms with Gasteiger partial charge in [0, 0.05) is 36.5 Å². The van der Waals surface area contributed by atoms with Crippen LogP contribution >= 0.6 is 0 Å². The second kappa shape index (κ2) is 9.00. The summed E-state index contributed by atoms with van der Waals surface area (Å²) in [7, 11) is 0. The number of H-pyrrole nitrogens is 2. The molecular formula is C29H29F2N5O3. The number of para-hydroxylation sites is 2. The molecule has 2 amide bonds. The van der Waals surface area contributed by atoms with Gasteiger partial charge in [-0.25, -0.2) is 13.8 Å². The minimum absolute atomic E-state index is 0.0460. The zero-order chi connectivity index (χ0) is 27.6.